The minimum Gasteiger partial charge on any atom is -0.381 e. The SMILES string of the molecule is Nc1nn(S(=O)(=O)NC2CC2)cc1Br. The van der Waals surface area contributed by atoms with Gasteiger partial charge in [-0.3, -0.25) is 0 Å². The summed E-state index contributed by atoms with van der Waals surface area (Å²) < 4.78 is 26.9. The second-order valence-electron chi connectivity index (χ2n) is 3.13. The van der Waals surface area contributed by atoms with Crippen LogP contribution in [0.3, 0.4) is 0 Å². The number of aromatic nitrogens is 2. The van der Waals surface area contributed by atoms with E-state index in [1.54, 1.807) is 0 Å². The van der Waals surface area contributed by atoms with Crippen molar-refractivity contribution < 1.29 is 8.42 Å². The van der Waals surface area contributed by atoms with Gasteiger partial charge in [-0.15, -0.1) is 9.19 Å². The van der Waals surface area contributed by atoms with Crippen LogP contribution in [0.4, 0.5) is 5.82 Å². The lowest BCUT2D eigenvalue weighted by atomic mass is 10.7. The van der Waals surface area contributed by atoms with Gasteiger partial charge in [-0.05, 0) is 28.8 Å². The Labute approximate surface area is 89.8 Å². The number of nitrogens with two attached hydrogens (primary N) is 1. The standard InChI is InChI=1S/C6H9BrN4O2S/c7-5-3-11(9-6(5)8)14(12,13)10-4-1-2-4/h3-4,10H,1-2H2,(H2,8,9). The van der Waals surface area contributed by atoms with Gasteiger partial charge in [0.05, 0.1) is 10.7 Å². The van der Waals surface area contributed by atoms with Gasteiger partial charge in [0.2, 0.25) is 0 Å². The summed E-state index contributed by atoms with van der Waals surface area (Å²) >= 11 is 3.09. The van der Waals surface area contributed by atoms with Crippen molar-refractivity contribution in [3.05, 3.63) is 10.7 Å². The third-order valence-corrected chi connectivity index (χ3v) is 3.74. The Balaban J connectivity index is 2.28. The van der Waals surface area contributed by atoms with Crippen molar-refractivity contribution in [3.8, 4) is 0 Å². The first-order chi connectivity index (χ1) is 6.49. The summed E-state index contributed by atoms with van der Waals surface area (Å²) in [7, 11) is -3.55. The molecule has 3 N–H and O–H groups in total. The minimum atomic E-state index is -3.55. The van der Waals surface area contributed by atoms with Crippen LogP contribution in [0.1, 0.15) is 12.8 Å². The molecule has 0 unspecified atom stereocenters. The predicted molar refractivity (Wildman–Crippen MR) is 54.8 cm³/mol. The van der Waals surface area contributed by atoms with Crippen molar-refractivity contribution in [3.63, 3.8) is 0 Å². The maximum Gasteiger partial charge on any atom is 0.320 e. The summed E-state index contributed by atoms with van der Waals surface area (Å²) in [5.74, 6) is 0.158. The van der Waals surface area contributed by atoms with E-state index in [2.05, 4.69) is 25.8 Å². The Hall–Kier alpha value is -0.600. The summed E-state index contributed by atoms with van der Waals surface area (Å²) in [6.45, 7) is 0. The highest BCUT2D eigenvalue weighted by molar-refractivity contribution is 9.10. The third-order valence-electron chi connectivity index (χ3n) is 1.81. The second-order valence-corrected chi connectivity index (χ2v) is 5.55. The molecule has 1 fully saturated rings. The normalized spacial score (nSPS) is 17.2. The van der Waals surface area contributed by atoms with Crippen molar-refractivity contribution in [1.82, 2.24) is 13.9 Å². The Morgan fingerprint density at radius 1 is 1.64 bits per heavy atom. The smallest absolute Gasteiger partial charge is 0.320 e. The zero-order chi connectivity index (χ0) is 10.3. The molecular formula is C6H9BrN4O2S. The number of anilines is 1. The van der Waals surface area contributed by atoms with Crippen LogP contribution in [0, 0.1) is 0 Å². The fraction of sp³-hybridized carbons (Fsp3) is 0.500. The maximum absolute atomic E-state index is 11.6. The molecule has 1 saturated carbocycles. The van der Waals surface area contributed by atoms with Crippen LogP contribution in [0.25, 0.3) is 0 Å². The topological polar surface area (TPSA) is 90.0 Å². The number of hydrogen-bond acceptors (Lipinski definition) is 4. The first-order valence-electron chi connectivity index (χ1n) is 4.02. The van der Waals surface area contributed by atoms with E-state index in [1.165, 1.54) is 6.20 Å². The molecule has 1 heterocycles. The largest absolute Gasteiger partial charge is 0.381 e. The monoisotopic (exact) mass is 280 g/mol. The molecule has 1 aliphatic rings. The van der Waals surface area contributed by atoms with Gasteiger partial charge in [0.15, 0.2) is 5.82 Å². The molecule has 0 atom stereocenters. The molecule has 0 bridgehead atoms. The van der Waals surface area contributed by atoms with Gasteiger partial charge in [-0.2, -0.15) is 13.1 Å². The van der Waals surface area contributed by atoms with Crippen molar-refractivity contribution >= 4 is 32.0 Å². The lowest BCUT2D eigenvalue weighted by molar-refractivity contribution is 0.564. The van der Waals surface area contributed by atoms with Gasteiger partial charge in [-0.25, -0.2) is 0 Å². The number of nitrogens with one attached hydrogen (secondary N) is 1. The van der Waals surface area contributed by atoms with Crippen molar-refractivity contribution in [1.29, 1.82) is 0 Å². The molecule has 2 rings (SSSR count). The molecule has 0 amide bonds. The molecule has 1 aromatic rings. The first kappa shape index (κ1) is 9.94. The highest BCUT2D eigenvalue weighted by Crippen LogP contribution is 2.21. The second kappa shape index (κ2) is 3.21. The molecule has 0 spiro atoms. The Kier molecular flexibility index (Phi) is 2.28. The molecule has 0 aliphatic heterocycles. The fourth-order valence-corrected chi connectivity index (χ4v) is 2.55. The van der Waals surface area contributed by atoms with Gasteiger partial charge in [0.1, 0.15) is 0 Å². The third kappa shape index (κ3) is 1.91. The van der Waals surface area contributed by atoms with Crippen LogP contribution in [-0.2, 0) is 10.2 Å². The number of nitrogens with zero attached hydrogens (tertiary/aromatic N) is 2. The zero-order valence-electron chi connectivity index (χ0n) is 7.14. The van der Waals surface area contributed by atoms with Crippen LogP contribution < -0.4 is 10.5 Å². The number of halogens is 1. The van der Waals surface area contributed by atoms with Crippen molar-refractivity contribution in [2.24, 2.45) is 0 Å². The predicted octanol–water partition coefficient (Wildman–Crippen LogP) is 0.0727. The highest BCUT2D eigenvalue weighted by Gasteiger charge is 2.28. The summed E-state index contributed by atoms with van der Waals surface area (Å²) in [5.41, 5.74) is 5.41. The van der Waals surface area contributed by atoms with E-state index in [-0.39, 0.29) is 11.9 Å². The van der Waals surface area contributed by atoms with Crippen LogP contribution in [0.5, 0.6) is 0 Å². The van der Waals surface area contributed by atoms with E-state index in [0.717, 1.165) is 16.9 Å². The van der Waals surface area contributed by atoms with Gasteiger partial charge in [0.25, 0.3) is 0 Å². The highest BCUT2D eigenvalue weighted by atomic mass is 79.9. The summed E-state index contributed by atoms with van der Waals surface area (Å²) in [6, 6.07) is 0.0594. The summed E-state index contributed by atoms with van der Waals surface area (Å²) in [5, 5.41) is 3.66. The molecule has 8 heteroatoms. The molecule has 6 nitrogen and oxygen atoms in total. The van der Waals surface area contributed by atoms with Gasteiger partial charge in [0, 0.05) is 6.04 Å². The summed E-state index contributed by atoms with van der Waals surface area (Å²) in [6.07, 6.45) is 3.09. The molecular weight excluding hydrogens is 272 g/mol. The average molecular weight is 281 g/mol. The van der Waals surface area contributed by atoms with E-state index >= 15 is 0 Å². The maximum atomic E-state index is 11.6. The quantitative estimate of drug-likeness (QED) is 0.820. The van der Waals surface area contributed by atoms with E-state index in [4.69, 9.17) is 5.73 Å². The van der Waals surface area contributed by atoms with Crippen molar-refractivity contribution in [2.75, 3.05) is 5.73 Å². The molecule has 0 radical (unpaired) electrons. The number of rotatable bonds is 3. The first-order valence-corrected chi connectivity index (χ1v) is 6.26. The van der Waals surface area contributed by atoms with E-state index in [0.29, 0.717) is 4.47 Å². The molecule has 0 saturated heterocycles. The van der Waals surface area contributed by atoms with Crippen LogP contribution in [0.2, 0.25) is 0 Å². The van der Waals surface area contributed by atoms with Gasteiger partial charge >= 0.3 is 10.2 Å². The van der Waals surface area contributed by atoms with Crippen molar-refractivity contribution in [2.45, 2.75) is 18.9 Å². The van der Waals surface area contributed by atoms with Crippen LogP contribution in [0.15, 0.2) is 10.7 Å². The van der Waals surface area contributed by atoms with E-state index in [1.807, 2.05) is 0 Å². The minimum absolute atomic E-state index is 0.0594. The van der Waals surface area contributed by atoms with E-state index < -0.39 is 10.2 Å². The lowest BCUT2D eigenvalue weighted by Crippen LogP contribution is -2.31. The van der Waals surface area contributed by atoms with Gasteiger partial charge < -0.3 is 5.73 Å². The zero-order valence-corrected chi connectivity index (χ0v) is 9.55. The fourth-order valence-electron chi connectivity index (χ4n) is 0.935. The molecule has 0 aromatic carbocycles. The number of nitrogen functional groups attached to an aromatic ring is 1. The Bertz CT molecular complexity index is 431. The molecule has 78 valence electrons. The molecule has 1 aromatic heterocycles. The van der Waals surface area contributed by atoms with Gasteiger partial charge in [-0.1, -0.05) is 0 Å². The Morgan fingerprint density at radius 2 is 2.29 bits per heavy atom. The van der Waals surface area contributed by atoms with Crippen LogP contribution >= 0.6 is 15.9 Å². The number of hydrogen-bond donors (Lipinski definition) is 2. The Morgan fingerprint density at radius 3 is 2.71 bits per heavy atom. The average Bonchev–Trinajstić information content (AvgIpc) is 2.79. The molecule has 1 aliphatic carbocycles. The summed E-state index contributed by atoms with van der Waals surface area (Å²) in [4.78, 5) is 0. The van der Waals surface area contributed by atoms with Crippen LogP contribution in [-0.4, -0.2) is 23.6 Å². The lowest BCUT2D eigenvalue weighted by Gasteiger charge is -2.03. The van der Waals surface area contributed by atoms with E-state index in [9.17, 15) is 8.42 Å². The molecule has 14 heavy (non-hydrogen) atoms.